The predicted octanol–water partition coefficient (Wildman–Crippen LogP) is 1.76. The van der Waals surface area contributed by atoms with Gasteiger partial charge < -0.3 is 10.2 Å². The fourth-order valence-electron chi connectivity index (χ4n) is 2.63. The number of anilines is 1. The van der Waals surface area contributed by atoms with Gasteiger partial charge >= 0.3 is 0 Å². The van der Waals surface area contributed by atoms with Crippen molar-refractivity contribution in [2.24, 2.45) is 0 Å². The number of nitrogens with zero attached hydrogens (tertiary/aromatic N) is 3. The summed E-state index contributed by atoms with van der Waals surface area (Å²) in [5.41, 5.74) is 3.58. The molecule has 1 aromatic rings. The Morgan fingerprint density at radius 2 is 2.28 bits per heavy atom. The van der Waals surface area contributed by atoms with Gasteiger partial charge in [0.15, 0.2) is 0 Å². The number of nitrogens with one attached hydrogen (secondary N) is 1. The summed E-state index contributed by atoms with van der Waals surface area (Å²) in [7, 11) is 2.00. The topological polar surface area (TPSA) is 52.0 Å². The minimum Gasteiger partial charge on any atom is -0.369 e. The van der Waals surface area contributed by atoms with Crippen LogP contribution in [0.15, 0.2) is 6.07 Å². The molecule has 2 heterocycles. The highest BCUT2D eigenvalue weighted by molar-refractivity contribution is 5.62. The lowest BCUT2D eigenvalue weighted by atomic mass is 10.0. The van der Waals surface area contributed by atoms with Crippen molar-refractivity contribution in [1.82, 2.24) is 10.3 Å². The van der Waals surface area contributed by atoms with Crippen LogP contribution in [0.25, 0.3) is 0 Å². The number of aromatic nitrogens is 1. The molecule has 0 bridgehead atoms. The molecule has 18 heavy (non-hydrogen) atoms. The summed E-state index contributed by atoms with van der Waals surface area (Å²) in [5, 5.41) is 12.6. The molecule has 0 aliphatic carbocycles. The quantitative estimate of drug-likeness (QED) is 0.861. The second-order valence-electron chi connectivity index (χ2n) is 4.93. The lowest BCUT2D eigenvalue weighted by Crippen LogP contribution is -2.44. The highest BCUT2D eigenvalue weighted by Crippen LogP contribution is 2.26. The van der Waals surface area contributed by atoms with Crippen molar-refractivity contribution >= 4 is 5.69 Å². The van der Waals surface area contributed by atoms with Crippen molar-refractivity contribution in [3.63, 3.8) is 0 Å². The van der Waals surface area contributed by atoms with Crippen molar-refractivity contribution in [2.75, 3.05) is 25.0 Å². The normalized spacial score (nSPS) is 19.7. The maximum absolute atomic E-state index is 9.31. The molecule has 1 N–H and O–H groups in total. The Morgan fingerprint density at radius 1 is 1.50 bits per heavy atom. The molecule has 1 aliphatic rings. The Balaban J connectivity index is 2.35. The summed E-state index contributed by atoms with van der Waals surface area (Å²) in [4.78, 5) is 6.68. The molecule has 0 radical (unpaired) electrons. The summed E-state index contributed by atoms with van der Waals surface area (Å²) in [5.74, 6) is 0. The van der Waals surface area contributed by atoms with Crippen molar-refractivity contribution in [3.8, 4) is 6.07 Å². The first-order valence-corrected chi connectivity index (χ1v) is 6.46. The van der Waals surface area contributed by atoms with E-state index < -0.39 is 0 Å². The van der Waals surface area contributed by atoms with Gasteiger partial charge in [-0.3, -0.25) is 4.98 Å². The average molecular weight is 244 g/mol. The molecule has 1 aliphatic heterocycles. The summed E-state index contributed by atoms with van der Waals surface area (Å²) in [6.45, 7) is 5.88. The number of nitriles is 1. The number of pyridine rings is 1. The third-order valence-electron chi connectivity index (χ3n) is 3.59. The Hall–Kier alpha value is -1.60. The Labute approximate surface area is 109 Å². The first-order chi connectivity index (χ1) is 8.65. The molecule has 1 fully saturated rings. The van der Waals surface area contributed by atoms with Gasteiger partial charge in [0.1, 0.15) is 6.07 Å². The van der Waals surface area contributed by atoms with Crippen molar-refractivity contribution in [2.45, 2.75) is 32.7 Å². The van der Waals surface area contributed by atoms with Gasteiger partial charge in [0.2, 0.25) is 0 Å². The smallest absolute Gasteiger partial charge is 0.103 e. The van der Waals surface area contributed by atoms with Crippen LogP contribution in [0.3, 0.4) is 0 Å². The number of hydrogen-bond acceptors (Lipinski definition) is 4. The monoisotopic (exact) mass is 244 g/mol. The number of piperidine rings is 1. The van der Waals surface area contributed by atoms with Crippen molar-refractivity contribution in [3.05, 3.63) is 23.0 Å². The van der Waals surface area contributed by atoms with Crippen LogP contribution in [-0.4, -0.2) is 31.2 Å². The maximum atomic E-state index is 9.31. The van der Waals surface area contributed by atoms with Gasteiger partial charge in [-0.25, -0.2) is 0 Å². The van der Waals surface area contributed by atoms with E-state index in [-0.39, 0.29) is 0 Å². The molecule has 96 valence electrons. The first-order valence-electron chi connectivity index (χ1n) is 6.46. The molecular weight excluding hydrogens is 224 g/mol. The van der Waals surface area contributed by atoms with Gasteiger partial charge in [0.05, 0.1) is 16.9 Å². The average Bonchev–Trinajstić information content (AvgIpc) is 2.38. The molecule has 1 saturated heterocycles. The van der Waals surface area contributed by atoms with E-state index in [0.717, 1.165) is 42.1 Å². The van der Waals surface area contributed by atoms with Crippen LogP contribution in [0.1, 0.15) is 29.8 Å². The highest BCUT2D eigenvalue weighted by Gasteiger charge is 2.22. The Morgan fingerprint density at radius 3 is 2.94 bits per heavy atom. The van der Waals surface area contributed by atoms with Gasteiger partial charge in [0, 0.05) is 24.8 Å². The first kappa shape index (κ1) is 12.8. The third-order valence-corrected chi connectivity index (χ3v) is 3.59. The molecule has 4 heteroatoms. The fourth-order valence-corrected chi connectivity index (χ4v) is 2.63. The zero-order chi connectivity index (χ0) is 13.1. The number of aryl methyl sites for hydroxylation is 2. The number of likely N-dealkylation sites (N-methyl/N-ethyl adjacent to an activating group) is 1. The summed E-state index contributed by atoms with van der Waals surface area (Å²) >= 11 is 0. The van der Waals surface area contributed by atoms with Crippen LogP contribution in [0.4, 0.5) is 5.69 Å². The van der Waals surface area contributed by atoms with Crippen LogP contribution in [0.2, 0.25) is 0 Å². The number of hydrogen-bond donors (Lipinski definition) is 1. The van der Waals surface area contributed by atoms with E-state index in [9.17, 15) is 5.26 Å². The minimum atomic E-state index is 0.513. The molecular formula is C14H20N4. The fraction of sp³-hybridized carbons (Fsp3) is 0.571. The molecule has 4 nitrogen and oxygen atoms in total. The van der Waals surface area contributed by atoms with Gasteiger partial charge in [-0.05, 0) is 39.8 Å². The minimum absolute atomic E-state index is 0.513. The molecule has 2 rings (SSSR count). The molecule has 0 amide bonds. The van der Waals surface area contributed by atoms with Crippen LogP contribution >= 0.6 is 0 Å². The molecule has 1 aromatic heterocycles. The zero-order valence-electron chi connectivity index (χ0n) is 11.3. The van der Waals surface area contributed by atoms with E-state index in [0.29, 0.717) is 6.04 Å². The van der Waals surface area contributed by atoms with Gasteiger partial charge in [-0.2, -0.15) is 5.26 Å². The SMILES string of the molecule is CNC1CCCN(c2cc(C)nc(C)c2C#N)C1. The largest absolute Gasteiger partial charge is 0.369 e. The van der Waals surface area contributed by atoms with Crippen LogP contribution in [-0.2, 0) is 0 Å². The highest BCUT2D eigenvalue weighted by atomic mass is 15.2. The second-order valence-corrected chi connectivity index (χ2v) is 4.93. The molecule has 0 saturated carbocycles. The van der Waals surface area contributed by atoms with E-state index in [1.54, 1.807) is 0 Å². The van der Waals surface area contributed by atoms with E-state index in [1.165, 1.54) is 6.42 Å². The van der Waals surface area contributed by atoms with E-state index in [1.807, 2.05) is 27.0 Å². The van der Waals surface area contributed by atoms with Gasteiger partial charge in [-0.15, -0.1) is 0 Å². The summed E-state index contributed by atoms with van der Waals surface area (Å²) < 4.78 is 0. The van der Waals surface area contributed by atoms with Crippen molar-refractivity contribution < 1.29 is 0 Å². The van der Waals surface area contributed by atoms with Crippen LogP contribution in [0.5, 0.6) is 0 Å². The number of rotatable bonds is 2. The lowest BCUT2D eigenvalue weighted by Gasteiger charge is -2.35. The summed E-state index contributed by atoms with van der Waals surface area (Å²) in [6, 6.07) is 4.84. The molecule has 1 atom stereocenters. The van der Waals surface area contributed by atoms with Crippen molar-refractivity contribution in [1.29, 1.82) is 5.26 Å². The zero-order valence-corrected chi connectivity index (χ0v) is 11.3. The van der Waals surface area contributed by atoms with E-state index in [2.05, 4.69) is 21.3 Å². The van der Waals surface area contributed by atoms with Crippen LogP contribution in [0, 0.1) is 25.2 Å². The van der Waals surface area contributed by atoms with Gasteiger partial charge in [0.25, 0.3) is 0 Å². The van der Waals surface area contributed by atoms with Crippen LogP contribution < -0.4 is 10.2 Å². The molecule has 1 unspecified atom stereocenters. The predicted molar refractivity (Wildman–Crippen MR) is 72.7 cm³/mol. The summed E-state index contributed by atoms with van der Waals surface area (Å²) in [6.07, 6.45) is 2.37. The van der Waals surface area contributed by atoms with Gasteiger partial charge in [-0.1, -0.05) is 0 Å². The second kappa shape index (κ2) is 5.36. The Kier molecular flexibility index (Phi) is 3.83. The van der Waals surface area contributed by atoms with E-state index in [4.69, 9.17) is 0 Å². The molecule has 0 spiro atoms. The molecule has 0 aromatic carbocycles. The van der Waals surface area contributed by atoms with E-state index >= 15 is 0 Å². The standard InChI is InChI=1S/C14H20N4/c1-10-7-14(13(8-15)11(2)17-10)18-6-4-5-12(9-18)16-3/h7,12,16H,4-6,9H2,1-3H3. The lowest BCUT2D eigenvalue weighted by molar-refractivity contribution is 0.449. The maximum Gasteiger partial charge on any atom is 0.103 e. The third kappa shape index (κ3) is 2.46. The Bertz CT molecular complexity index is 475.